The molecule has 0 saturated carbocycles. The Morgan fingerprint density at radius 2 is 2.06 bits per heavy atom. The highest BCUT2D eigenvalue weighted by atomic mass is 35.5. The number of fused-ring (bicyclic) bond motifs is 1. The van der Waals surface area contributed by atoms with Gasteiger partial charge in [-0.1, -0.05) is 23.2 Å². The minimum atomic E-state index is -0.560. The van der Waals surface area contributed by atoms with Crippen molar-refractivity contribution in [2.45, 2.75) is 25.4 Å². The van der Waals surface area contributed by atoms with Crippen LogP contribution in [0.2, 0.25) is 10.0 Å². The van der Waals surface area contributed by atoms with Gasteiger partial charge >= 0.3 is 0 Å². The van der Waals surface area contributed by atoms with E-state index in [1.165, 1.54) is 0 Å². The standard InChI is InChI=1S/C22H21Cl2N5O3/c1-29(11-15-4-5-17(30)27-15)21-16-3-2-6-25-18(16)20(31)19(28-21)22(32)26-10-12-7-13(23)9-14(24)8-12/h2-3,6-9,15,31H,4-5,10-11H2,1H3,(H,26,32)(H,27,30). The summed E-state index contributed by atoms with van der Waals surface area (Å²) in [7, 11) is 1.83. The first-order valence-electron chi connectivity index (χ1n) is 10.0. The van der Waals surface area contributed by atoms with Crippen molar-refractivity contribution >= 4 is 51.7 Å². The number of carbonyl (C=O) groups excluding carboxylic acids is 2. The summed E-state index contributed by atoms with van der Waals surface area (Å²) in [6.45, 7) is 0.662. The predicted octanol–water partition coefficient (Wildman–Crippen LogP) is 3.29. The minimum absolute atomic E-state index is 0.0142. The number of likely N-dealkylation sites (N-methyl/N-ethyl adjacent to an activating group) is 1. The minimum Gasteiger partial charge on any atom is -0.504 e. The number of aromatic nitrogens is 2. The maximum atomic E-state index is 12.9. The van der Waals surface area contributed by atoms with E-state index in [-0.39, 0.29) is 35.5 Å². The average Bonchev–Trinajstić information content (AvgIpc) is 3.16. The number of anilines is 1. The number of nitrogens with zero attached hydrogens (tertiary/aromatic N) is 3. The first-order chi connectivity index (χ1) is 15.3. The van der Waals surface area contributed by atoms with Gasteiger partial charge in [0, 0.05) is 54.2 Å². The number of carbonyl (C=O) groups is 2. The zero-order valence-electron chi connectivity index (χ0n) is 17.2. The van der Waals surface area contributed by atoms with Crippen molar-refractivity contribution in [3.05, 3.63) is 57.8 Å². The highest BCUT2D eigenvalue weighted by Crippen LogP contribution is 2.32. The van der Waals surface area contributed by atoms with Gasteiger partial charge in [-0.15, -0.1) is 0 Å². The summed E-state index contributed by atoms with van der Waals surface area (Å²) in [6, 6.07) is 8.49. The fourth-order valence-electron chi connectivity index (χ4n) is 3.77. The fourth-order valence-corrected chi connectivity index (χ4v) is 4.34. The Balaban J connectivity index is 1.62. The van der Waals surface area contributed by atoms with E-state index in [2.05, 4.69) is 20.6 Å². The van der Waals surface area contributed by atoms with Crippen LogP contribution in [0.1, 0.15) is 28.9 Å². The Kier molecular flexibility index (Phi) is 6.34. The monoisotopic (exact) mass is 473 g/mol. The maximum absolute atomic E-state index is 12.9. The van der Waals surface area contributed by atoms with Gasteiger partial charge in [-0.05, 0) is 42.3 Å². The van der Waals surface area contributed by atoms with Crippen LogP contribution in [-0.4, -0.2) is 46.5 Å². The van der Waals surface area contributed by atoms with E-state index in [0.29, 0.717) is 39.8 Å². The first kappa shape index (κ1) is 22.1. The van der Waals surface area contributed by atoms with Crippen molar-refractivity contribution in [1.82, 2.24) is 20.6 Å². The highest BCUT2D eigenvalue weighted by Gasteiger charge is 2.25. The molecule has 2 amide bonds. The van der Waals surface area contributed by atoms with Gasteiger partial charge in [-0.25, -0.2) is 4.98 Å². The van der Waals surface area contributed by atoms with Crippen LogP contribution in [0.5, 0.6) is 5.75 Å². The third-order valence-corrected chi connectivity index (χ3v) is 5.68. The molecule has 1 atom stereocenters. The Bertz CT molecular complexity index is 1180. The largest absolute Gasteiger partial charge is 0.504 e. The van der Waals surface area contributed by atoms with E-state index < -0.39 is 5.91 Å². The van der Waals surface area contributed by atoms with Crippen LogP contribution in [0.4, 0.5) is 5.82 Å². The first-order valence-corrected chi connectivity index (χ1v) is 10.8. The molecule has 2 aromatic heterocycles. The number of benzene rings is 1. The molecule has 1 aliphatic heterocycles. The van der Waals surface area contributed by atoms with Crippen molar-refractivity contribution in [3.63, 3.8) is 0 Å². The molecule has 8 nitrogen and oxygen atoms in total. The summed E-state index contributed by atoms with van der Waals surface area (Å²) < 4.78 is 0. The van der Waals surface area contributed by atoms with E-state index >= 15 is 0 Å². The van der Waals surface area contributed by atoms with Gasteiger partial charge in [0.15, 0.2) is 11.4 Å². The van der Waals surface area contributed by atoms with Crippen LogP contribution in [0.15, 0.2) is 36.5 Å². The topological polar surface area (TPSA) is 107 Å². The van der Waals surface area contributed by atoms with E-state index in [0.717, 1.165) is 6.42 Å². The van der Waals surface area contributed by atoms with Crippen LogP contribution in [0.25, 0.3) is 10.9 Å². The molecular weight excluding hydrogens is 453 g/mol. The molecule has 3 heterocycles. The number of rotatable bonds is 6. The average molecular weight is 474 g/mol. The summed E-state index contributed by atoms with van der Waals surface area (Å²) in [6.07, 6.45) is 2.76. The van der Waals surface area contributed by atoms with Crippen molar-refractivity contribution in [1.29, 1.82) is 0 Å². The number of halogens is 2. The molecule has 1 saturated heterocycles. The van der Waals surface area contributed by atoms with E-state index in [1.807, 2.05) is 11.9 Å². The van der Waals surface area contributed by atoms with E-state index in [4.69, 9.17) is 23.2 Å². The summed E-state index contributed by atoms with van der Waals surface area (Å²) >= 11 is 12.0. The highest BCUT2D eigenvalue weighted by molar-refractivity contribution is 6.34. The molecule has 32 heavy (non-hydrogen) atoms. The lowest BCUT2D eigenvalue weighted by Gasteiger charge is -2.24. The molecule has 10 heteroatoms. The quantitative estimate of drug-likeness (QED) is 0.506. The third-order valence-electron chi connectivity index (χ3n) is 5.25. The van der Waals surface area contributed by atoms with Gasteiger partial charge in [-0.3, -0.25) is 14.6 Å². The predicted molar refractivity (Wildman–Crippen MR) is 123 cm³/mol. The molecule has 1 aromatic carbocycles. The van der Waals surface area contributed by atoms with Crippen molar-refractivity contribution in [2.24, 2.45) is 0 Å². The van der Waals surface area contributed by atoms with Crippen molar-refractivity contribution in [3.8, 4) is 5.75 Å². The van der Waals surface area contributed by atoms with Gasteiger partial charge < -0.3 is 20.6 Å². The molecule has 3 N–H and O–H groups in total. The maximum Gasteiger partial charge on any atom is 0.274 e. The number of hydrogen-bond donors (Lipinski definition) is 3. The van der Waals surface area contributed by atoms with E-state index in [1.54, 1.807) is 36.5 Å². The second kappa shape index (κ2) is 9.18. The van der Waals surface area contributed by atoms with Crippen LogP contribution in [0.3, 0.4) is 0 Å². The van der Waals surface area contributed by atoms with Crippen LogP contribution < -0.4 is 15.5 Å². The van der Waals surface area contributed by atoms with Gasteiger partial charge in [0.1, 0.15) is 11.3 Å². The van der Waals surface area contributed by atoms with Crippen LogP contribution in [-0.2, 0) is 11.3 Å². The number of nitrogens with one attached hydrogen (secondary N) is 2. The molecule has 0 radical (unpaired) electrons. The van der Waals surface area contributed by atoms with Crippen molar-refractivity contribution < 1.29 is 14.7 Å². The van der Waals surface area contributed by atoms with Gasteiger partial charge in [0.25, 0.3) is 5.91 Å². The Hall–Kier alpha value is -3.10. The summed E-state index contributed by atoms with van der Waals surface area (Å²) in [5.41, 5.74) is 0.848. The Labute approximate surface area is 194 Å². The van der Waals surface area contributed by atoms with Gasteiger partial charge in [0.2, 0.25) is 5.91 Å². The molecular formula is C22H21Cl2N5O3. The second-order valence-electron chi connectivity index (χ2n) is 7.68. The molecule has 0 spiro atoms. The zero-order valence-corrected chi connectivity index (χ0v) is 18.7. The SMILES string of the molecule is CN(CC1CCC(=O)N1)c1nc(C(=O)NCc2cc(Cl)cc(Cl)c2)c(O)c2ncccc12. The Morgan fingerprint density at radius 1 is 1.31 bits per heavy atom. The molecule has 3 aromatic rings. The molecule has 1 fully saturated rings. The zero-order chi connectivity index (χ0) is 22.8. The second-order valence-corrected chi connectivity index (χ2v) is 8.55. The number of aromatic hydroxyl groups is 1. The lowest BCUT2D eigenvalue weighted by molar-refractivity contribution is -0.119. The molecule has 166 valence electrons. The molecule has 0 bridgehead atoms. The number of amides is 2. The van der Waals surface area contributed by atoms with Crippen LogP contribution in [0, 0.1) is 0 Å². The lowest BCUT2D eigenvalue weighted by atomic mass is 10.1. The Morgan fingerprint density at radius 3 is 2.75 bits per heavy atom. The summed E-state index contributed by atoms with van der Waals surface area (Å²) in [4.78, 5) is 35.0. The molecule has 1 aliphatic rings. The van der Waals surface area contributed by atoms with Crippen LogP contribution >= 0.6 is 23.2 Å². The number of hydrogen-bond acceptors (Lipinski definition) is 6. The summed E-state index contributed by atoms with van der Waals surface area (Å²) in [5.74, 6) is -0.346. The third kappa shape index (κ3) is 4.71. The molecule has 1 unspecified atom stereocenters. The smallest absolute Gasteiger partial charge is 0.274 e. The summed E-state index contributed by atoms with van der Waals surface area (Å²) in [5, 5.41) is 17.9. The normalized spacial score (nSPS) is 15.6. The lowest BCUT2D eigenvalue weighted by Crippen LogP contribution is -2.37. The number of pyridine rings is 2. The fraction of sp³-hybridized carbons (Fsp3) is 0.273. The van der Waals surface area contributed by atoms with Gasteiger partial charge in [-0.2, -0.15) is 0 Å². The molecule has 4 rings (SSSR count). The van der Waals surface area contributed by atoms with Crippen molar-refractivity contribution in [2.75, 3.05) is 18.5 Å². The van der Waals surface area contributed by atoms with E-state index in [9.17, 15) is 14.7 Å². The van der Waals surface area contributed by atoms with Gasteiger partial charge in [0.05, 0.1) is 0 Å². The molecule has 0 aliphatic carbocycles.